The van der Waals surface area contributed by atoms with E-state index in [1.54, 1.807) is 31.4 Å². The summed E-state index contributed by atoms with van der Waals surface area (Å²) in [5.74, 6) is 0.437. The monoisotopic (exact) mass is 390 g/mol. The summed E-state index contributed by atoms with van der Waals surface area (Å²) in [5, 5.41) is 2.82. The molecule has 0 bridgehead atoms. The SMILES string of the molecule is COc1ccc(OCCOC(=O)CN2C(=O)NC3(CCCCC3C)C2=O)cc1. The molecule has 1 saturated heterocycles. The van der Waals surface area contributed by atoms with E-state index in [1.165, 1.54) is 0 Å². The Morgan fingerprint density at radius 1 is 1.18 bits per heavy atom. The van der Waals surface area contributed by atoms with Crippen LogP contribution in [0.2, 0.25) is 0 Å². The standard InChI is InChI=1S/C20H26N2O6/c1-14-5-3-4-10-20(14)18(24)22(19(25)21-20)13-17(23)28-12-11-27-16-8-6-15(26-2)7-9-16/h6-9,14H,3-5,10-13H2,1-2H3,(H,21,25). The molecule has 8 nitrogen and oxygen atoms in total. The van der Waals surface area contributed by atoms with Crippen LogP contribution in [0, 0.1) is 5.92 Å². The third-order valence-electron chi connectivity index (χ3n) is 5.46. The highest BCUT2D eigenvalue weighted by Gasteiger charge is 2.55. The van der Waals surface area contributed by atoms with Gasteiger partial charge in [-0.3, -0.25) is 14.5 Å². The molecule has 3 rings (SSSR count). The van der Waals surface area contributed by atoms with Crippen LogP contribution in [-0.4, -0.2) is 55.2 Å². The second-order valence-electron chi connectivity index (χ2n) is 7.18. The molecule has 1 heterocycles. The quantitative estimate of drug-likeness (QED) is 0.435. The van der Waals surface area contributed by atoms with E-state index >= 15 is 0 Å². The van der Waals surface area contributed by atoms with Crippen molar-refractivity contribution in [3.63, 3.8) is 0 Å². The third kappa shape index (κ3) is 4.05. The number of esters is 1. The maximum absolute atomic E-state index is 12.8. The van der Waals surface area contributed by atoms with Crippen molar-refractivity contribution in [3.8, 4) is 11.5 Å². The highest BCUT2D eigenvalue weighted by molar-refractivity contribution is 6.08. The molecule has 1 aromatic carbocycles. The fourth-order valence-electron chi connectivity index (χ4n) is 3.80. The highest BCUT2D eigenvalue weighted by atomic mass is 16.6. The zero-order valence-electron chi connectivity index (χ0n) is 16.2. The first-order valence-electron chi connectivity index (χ1n) is 9.53. The second-order valence-corrected chi connectivity index (χ2v) is 7.18. The van der Waals surface area contributed by atoms with Crippen LogP contribution >= 0.6 is 0 Å². The number of methoxy groups -OCH3 is 1. The lowest BCUT2D eigenvalue weighted by atomic mass is 9.73. The number of amides is 3. The molecule has 3 amide bonds. The maximum Gasteiger partial charge on any atom is 0.326 e. The molecule has 1 aromatic rings. The summed E-state index contributed by atoms with van der Waals surface area (Å²) < 4.78 is 15.7. The molecule has 1 spiro atoms. The van der Waals surface area contributed by atoms with Gasteiger partial charge in [-0.1, -0.05) is 19.8 Å². The molecule has 2 aliphatic rings. The number of benzene rings is 1. The average Bonchev–Trinajstić information content (AvgIpc) is 2.93. The summed E-state index contributed by atoms with van der Waals surface area (Å²) in [4.78, 5) is 38.1. The second kappa shape index (κ2) is 8.50. The van der Waals surface area contributed by atoms with Crippen LogP contribution in [0.5, 0.6) is 11.5 Å². The Hall–Kier alpha value is -2.77. The van der Waals surface area contributed by atoms with Gasteiger partial charge in [0.2, 0.25) is 0 Å². The number of imide groups is 1. The molecule has 2 atom stereocenters. The molecule has 1 aliphatic carbocycles. The lowest BCUT2D eigenvalue weighted by Gasteiger charge is -2.36. The van der Waals surface area contributed by atoms with Gasteiger partial charge >= 0.3 is 12.0 Å². The van der Waals surface area contributed by atoms with Gasteiger partial charge in [0.1, 0.15) is 36.8 Å². The number of nitrogens with one attached hydrogen (secondary N) is 1. The van der Waals surface area contributed by atoms with Crippen LogP contribution in [0.25, 0.3) is 0 Å². The topological polar surface area (TPSA) is 94.2 Å². The zero-order chi connectivity index (χ0) is 20.1. The van der Waals surface area contributed by atoms with E-state index in [4.69, 9.17) is 14.2 Å². The minimum absolute atomic E-state index is 0.0239. The lowest BCUT2D eigenvalue weighted by molar-refractivity contribution is -0.149. The lowest BCUT2D eigenvalue weighted by Crippen LogP contribution is -2.54. The molecule has 0 aromatic heterocycles. The van der Waals surface area contributed by atoms with Crippen LogP contribution in [0.4, 0.5) is 4.79 Å². The summed E-state index contributed by atoms with van der Waals surface area (Å²) in [6.07, 6.45) is 3.42. The Bertz CT molecular complexity index is 735. The van der Waals surface area contributed by atoms with Crippen molar-refractivity contribution in [1.29, 1.82) is 0 Å². The Labute approximate surface area is 164 Å². The molecule has 1 aliphatic heterocycles. The van der Waals surface area contributed by atoms with Gasteiger partial charge in [-0.2, -0.15) is 0 Å². The number of urea groups is 1. The summed E-state index contributed by atoms with van der Waals surface area (Å²) in [7, 11) is 1.58. The predicted molar refractivity (Wildman–Crippen MR) is 100 cm³/mol. The normalized spacial score (nSPS) is 24.2. The van der Waals surface area contributed by atoms with Crippen molar-refractivity contribution in [1.82, 2.24) is 10.2 Å². The van der Waals surface area contributed by atoms with E-state index in [0.29, 0.717) is 12.2 Å². The number of ether oxygens (including phenoxy) is 3. The number of carbonyl (C=O) groups excluding carboxylic acids is 3. The Morgan fingerprint density at radius 2 is 1.89 bits per heavy atom. The predicted octanol–water partition coefficient (Wildman–Crippen LogP) is 2.12. The summed E-state index contributed by atoms with van der Waals surface area (Å²) in [6, 6.07) is 6.50. The van der Waals surface area contributed by atoms with Gasteiger partial charge in [0.15, 0.2) is 0 Å². The third-order valence-corrected chi connectivity index (χ3v) is 5.46. The minimum atomic E-state index is -0.868. The highest BCUT2D eigenvalue weighted by Crippen LogP contribution is 2.38. The van der Waals surface area contributed by atoms with Crippen molar-refractivity contribution >= 4 is 17.9 Å². The molecule has 1 N–H and O–H groups in total. The van der Waals surface area contributed by atoms with Crippen LogP contribution in [-0.2, 0) is 14.3 Å². The molecular formula is C20H26N2O6. The first-order chi connectivity index (χ1) is 13.5. The minimum Gasteiger partial charge on any atom is -0.497 e. The van der Waals surface area contributed by atoms with Gasteiger partial charge in [0, 0.05) is 0 Å². The largest absolute Gasteiger partial charge is 0.497 e. The smallest absolute Gasteiger partial charge is 0.326 e. The summed E-state index contributed by atoms with van der Waals surface area (Å²) in [6.45, 7) is 1.77. The number of hydrogen-bond donors (Lipinski definition) is 1. The Morgan fingerprint density at radius 3 is 2.57 bits per heavy atom. The number of hydrogen-bond acceptors (Lipinski definition) is 6. The van der Waals surface area contributed by atoms with E-state index in [2.05, 4.69) is 5.32 Å². The van der Waals surface area contributed by atoms with Crippen molar-refractivity contribution < 1.29 is 28.6 Å². The molecule has 28 heavy (non-hydrogen) atoms. The van der Waals surface area contributed by atoms with Crippen LogP contribution in [0.3, 0.4) is 0 Å². The fraction of sp³-hybridized carbons (Fsp3) is 0.550. The van der Waals surface area contributed by atoms with Gasteiger partial charge in [-0.25, -0.2) is 4.79 Å². The number of nitrogens with zero attached hydrogens (tertiary/aromatic N) is 1. The van der Waals surface area contributed by atoms with E-state index < -0.39 is 17.5 Å². The summed E-state index contributed by atoms with van der Waals surface area (Å²) in [5.41, 5.74) is -0.868. The van der Waals surface area contributed by atoms with Gasteiger partial charge in [-0.05, 0) is 43.0 Å². The van der Waals surface area contributed by atoms with Crippen molar-refractivity contribution in [2.75, 3.05) is 26.9 Å². The van der Waals surface area contributed by atoms with Crippen LogP contribution in [0.1, 0.15) is 32.6 Å². The Kier molecular flexibility index (Phi) is 6.06. The average molecular weight is 390 g/mol. The molecule has 152 valence electrons. The molecule has 1 saturated carbocycles. The first-order valence-corrected chi connectivity index (χ1v) is 9.53. The van der Waals surface area contributed by atoms with Crippen LogP contribution < -0.4 is 14.8 Å². The molecular weight excluding hydrogens is 364 g/mol. The maximum atomic E-state index is 12.8. The molecule has 8 heteroatoms. The number of carbonyl (C=O) groups is 3. The summed E-state index contributed by atoms with van der Waals surface area (Å²) >= 11 is 0. The molecule has 0 radical (unpaired) electrons. The number of rotatable bonds is 7. The van der Waals surface area contributed by atoms with Crippen molar-refractivity contribution in [2.45, 2.75) is 38.1 Å². The van der Waals surface area contributed by atoms with Gasteiger partial charge < -0.3 is 19.5 Å². The van der Waals surface area contributed by atoms with E-state index in [-0.39, 0.29) is 31.6 Å². The molecule has 2 unspecified atom stereocenters. The van der Waals surface area contributed by atoms with E-state index in [0.717, 1.165) is 29.9 Å². The van der Waals surface area contributed by atoms with Gasteiger partial charge in [-0.15, -0.1) is 0 Å². The fourth-order valence-corrected chi connectivity index (χ4v) is 3.80. The van der Waals surface area contributed by atoms with Gasteiger partial charge in [0.05, 0.1) is 7.11 Å². The zero-order valence-corrected chi connectivity index (χ0v) is 16.2. The van der Waals surface area contributed by atoms with Crippen molar-refractivity contribution in [2.24, 2.45) is 5.92 Å². The van der Waals surface area contributed by atoms with Crippen LogP contribution in [0.15, 0.2) is 24.3 Å². The Balaban J connectivity index is 1.45. The van der Waals surface area contributed by atoms with E-state index in [1.807, 2.05) is 6.92 Å². The van der Waals surface area contributed by atoms with Crippen molar-refractivity contribution in [3.05, 3.63) is 24.3 Å². The first kappa shape index (κ1) is 20.0. The van der Waals surface area contributed by atoms with Gasteiger partial charge in [0.25, 0.3) is 5.91 Å². The molecule has 2 fully saturated rings. The van der Waals surface area contributed by atoms with E-state index in [9.17, 15) is 14.4 Å².